The van der Waals surface area contributed by atoms with Crippen molar-refractivity contribution in [1.29, 1.82) is 0 Å². The van der Waals surface area contributed by atoms with Crippen LogP contribution in [0.5, 0.6) is 0 Å². The number of piperazine rings is 1. The molecule has 2 heterocycles. The van der Waals surface area contributed by atoms with Crippen LogP contribution in [0.25, 0.3) is 0 Å². The minimum atomic E-state index is -0.868. The molecule has 0 bridgehead atoms. The fraction of sp³-hybridized carbons (Fsp3) is 0.800. The highest BCUT2D eigenvalue weighted by molar-refractivity contribution is 6.09. The summed E-state index contributed by atoms with van der Waals surface area (Å²) in [6.07, 6.45) is 7.49. The third kappa shape index (κ3) is 4.04. The molecular weight excluding hydrogens is 374 g/mol. The van der Waals surface area contributed by atoms with Gasteiger partial charge in [-0.1, -0.05) is 19.3 Å². The number of urea groups is 2. The van der Waals surface area contributed by atoms with Crippen molar-refractivity contribution in [3.05, 3.63) is 0 Å². The van der Waals surface area contributed by atoms with Crippen molar-refractivity contribution < 1.29 is 19.2 Å². The molecule has 9 nitrogen and oxygen atoms in total. The number of nitrogens with zero attached hydrogens (tertiary/aromatic N) is 3. The van der Waals surface area contributed by atoms with Gasteiger partial charge in [-0.25, -0.2) is 9.59 Å². The number of rotatable bonds is 4. The molecule has 2 aliphatic carbocycles. The van der Waals surface area contributed by atoms with Gasteiger partial charge in [-0.05, 0) is 38.5 Å². The Hall–Kier alpha value is -2.32. The number of nitrogens with one attached hydrogen (secondary N) is 2. The van der Waals surface area contributed by atoms with Crippen LogP contribution in [0, 0.1) is 5.92 Å². The summed E-state index contributed by atoms with van der Waals surface area (Å²) in [6.45, 7) is 3.27. The van der Waals surface area contributed by atoms with E-state index in [1.54, 1.807) is 16.7 Å². The van der Waals surface area contributed by atoms with Crippen molar-refractivity contribution in [1.82, 2.24) is 25.3 Å². The van der Waals surface area contributed by atoms with Crippen molar-refractivity contribution in [3.8, 4) is 0 Å². The third-order valence-corrected chi connectivity index (χ3v) is 6.84. The van der Waals surface area contributed by atoms with E-state index in [0.29, 0.717) is 26.2 Å². The highest BCUT2D eigenvalue weighted by atomic mass is 16.2. The van der Waals surface area contributed by atoms with Gasteiger partial charge in [0.15, 0.2) is 0 Å². The van der Waals surface area contributed by atoms with Gasteiger partial charge in [0.2, 0.25) is 5.91 Å². The Morgan fingerprint density at radius 2 is 1.62 bits per heavy atom. The van der Waals surface area contributed by atoms with Crippen LogP contribution in [0.4, 0.5) is 9.59 Å². The molecule has 9 heteroatoms. The maximum Gasteiger partial charge on any atom is 0.325 e. The van der Waals surface area contributed by atoms with Crippen LogP contribution < -0.4 is 10.6 Å². The molecule has 4 fully saturated rings. The lowest BCUT2D eigenvalue weighted by molar-refractivity contribution is -0.139. The second-order valence-corrected chi connectivity index (χ2v) is 8.95. The van der Waals surface area contributed by atoms with Gasteiger partial charge in [0, 0.05) is 32.2 Å². The van der Waals surface area contributed by atoms with E-state index >= 15 is 0 Å². The molecule has 0 radical (unpaired) electrons. The fourth-order valence-corrected chi connectivity index (χ4v) is 4.70. The molecule has 160 valence electrons. The van der Waals surface area contributed by atoms with E-state index in [0.717, 1.165) is 43.4 Å². The summed E-state index contributed by atoms with van der Waals surface area (Å²) in [7, 11) is 0. The third-order valence-electron chi connectivity index (χ3n) is 6.84. The molecule has 0 aromatic heterocycles. The molecule has 0 aromatic rings. The molecular formula is C20H31N5O4. The second-order valence-electron chi connectivity index (χ2n) is 8.95. The first-order chi connectivity index (χ1) is 13.9. The van der Waals surface area contributed by atoms with Gasteiger partial charge >= 0.3 is 12.1 Å². The number of imide groups is 1. The standard InChI is InChI=1S/C20H31N5O4/c1-20(14-7-8-14)17(27)25(19(29)22-20)13-16(26)23-9-11-24(12-10-23)18(28)21-15-5-3-2-4-6-15/h14-15H,2-13H2,1H3,(H,21,28)(H,22,29)/t20-/m1/s1. The van der Waals surface area contributed by atoms with Crippen molar-refractivity contribution in [2.45, 2.75) is 63.5 Å². The average Bonchev–Trinajstić information content (AvgIpc) is 3.55. The quantitative estimate of drug-likeness (QED) is 0.678. The van der Waals surface area contributed by atoms with Crippen molar-refractivity contribution in [2.24, 2.45) is 5.92 Å². The van der Waals surface area contributed by atoms with Crippen LogP contribution in [-0.2, 0) is 9.59 Å². The van der Waals surface area contributed by atoms with Gasteiger partial charge in [-0.2, -0.15) is 0 Å². The second kappa shape index (κ2) is 7.84. The molecule has 0 aromatic carbocycles. The Morgan fingerprint density at radius 1 is 1.00 bits per heavy atom. The van der Waals surface area contributed by atoms with E-state index in [9.17, 15) is 19.2 Å². The lowest BCUT2D eigenvalue weighted by atomic mass is 9.96. The van der Waals surface area contributed by atoms with Gasteiger partial charge in [0.05, 0.1) is 0 Å². The minimum absolute atomic E-state index is 0.0571. The molecule has 2 saturated heterocycles. The van der Waals surface area contributed by atoms with Crippen LogP contribution in [0.1, 0.15) is 51.9 Å². The van der Waals surface area contributed by atoms with Gasteiger partial charge in [0.1, 0.15) is 12.1 Å². The maximum atomic E-state index is 12.7. The summed E-state index contributed by atoms with van der Waals surface area (Å²) >= 11 is 0. The number of carbonyl (C=O) groups excluding carboxylic acids is 4. The maximum absolute atomic E-state index is 12.7. The molecule has 2 saturated carbocycles. The van der Waals surface area contributed by atoms with Crippen LogP contribution in [0.15, 0.2) is 0 Å². The Kier molecular flexibility index (Phi) is 5.40. The van der Waals surface area contributed by atoms with E-state index in [4.69, 9.17) is 0 Å². The largest absolute Gasteiger partial charge is 0.338 e. The van der Waals surface area contributed by atoms with Crippen molar-refractivity contribution >= 4 is 23.9 Å². The highest BCUT2D eigenvalue weighted by Gasteiger charge is 2.56. The van der Waals surface area contributed by atoms with Crippen LogP contribution >= 0.6 is 0 Å². The van der Waals surface area contributed by atoms with Crippen LogP contribution in [0.3, 0.4) is 0 Å². The molecule has 0 unspecified atom stereocenters. The zero-order chi connectivity index (χ0) is 20.6. The zero-order valence-electron chi connectivity index (χ0n) is 17.1. The van der Waals surface area contributed by atoms with Gasteiger partial charge in [-0.15, -0.1) is 0 Å². The van der Waals surface area contributed by atoms with E-state index in [-0.39, 0.29) is 36.3 Å². The number of amides is 6. The molecule has 4 rings (SSSR count). The summed E-state index contributed by atoms with van der Waals surface area (Å²) < 4.78 is 0. The van der Waals surface area contributed by atoms with Gasteiger partial charge in [-0.3, -0.25) is 14.5 Å². The molecule has 0 spiro atoms. The SMILES string of the molecule is C[C@]1(C2CC2)NC(=O)N(CC(=O)N2CCN(C(=O)NC3CCCCC3)CC2)C1=O. The number of hydrogen-bond donors (Lipinski definition) is 2. The first-order valence-corrected chi connectivity index (χ1v) is 10.9. The van der Waals surface area contributed by atoms with E-state index in [2.05, 4.69) is 10.6 Å². The first-order valence-electron chi connectivity index (χ1n) is 10.9. The normalized spacial score (nSPS) is 28.5. The Balaban J connectivity index is 1.25. The Labute approximate surface area is 171 Å². The Bertz CT molecular complexity index is 695. The monoisotopic (exact) mass is 405 g/mol. The van der Waals surface area contributed by atoms with E-state index in [1.165, 1.54) is 6.42 Å². The molecule has 2 aliphatic heterocycles. The van der Waals surface area contributed by atoms with Gasteiger partial charge < -0.3 is 20.4 Å². The summed E-state index contributed by atoms with van der Waals surface area (Å²) in [5.41, 5.74) is -0.868. The zero-order valence-corrected chi connectivity index (χ0v) is 17.1. The topological polar surface area (TPSA) is 102 Å². The van der Waals surface area contributed by atoms with Crippen LogP contribution in [-0.4, -0.2) is 82.9 Å². The summed E-state index contributed by atoms with van der Waals surface area (Å²) in [5.74, 6) is -0.380. The first kappa shape index (κ1) is 20.0. The molecule has 6 amide bonds. The predicted octanol–water partition coefficient (Wildman–Crippen LogP) is 0.893. The lowest BCUT2D eigenvalue weighted by Crippen LogP contribution is -2.56. The summed E-state index contributed by atoms with van der Waals surface area (Å²) in [6, 6.07) is -0.280. The highest BCUT2D eigenvalue weighted by Crippen LogP contribution is 2.42. The molecule has 4 aliphatic rings. The summed E-state index contributed by atoms with van der Waals surface area (Å²) in [4.78, 5) is 54.5. The molecule has 1 atom stereocenters. The lowest BCUT2D eigenvalue weighted by Gasteiger charge is -2.36. The van der Waals surface area contributed by atoms with E-state index in [1.807, 2.05) is 0 Å². The van der Waals surface area contributed by atoms with E-state index < -0.39 is 11.6 Å². The number of carbonyl (C=O) groups is 4. The van der Waals surface area contributed by atoms with Crippen LogP contribution in [0.2, 0.25) is 0 Å². The summed E-state index contributed by atoms with van der Waals surface area (Å²) in [5, 5.41) is 5.87. The Morgan fingerprint density at radius 3 is 2.24 bits per heavy atom. The van der Waals surface area contributed by atoms with Crippen molar-refractivity contribution in [2.75, 3.05) is 32.7 Å². The smallest absolute Gasteiger partial charge is 0.325 e. The average molecular weight is 405 g/mol. The number of hydrogen-bond acceptors (Lipinski definition) is 4. The molecule has 29 heavy (non-hydrogen) atoms. The molecule has 2 N–H and O–H groups in total. The fourth-order valence-electron chi connectivity index (χ4n) is 4.70. The van der Waals surface area contributed by atoms with Gasteiger partial charge in [0.25, 0.3) is 5.91 Å². The minimum Gasteiger partial charge on any atom is -0.338 e. The van der Waals surface area contributed by atoms with Crippen molar-refractivity contribution in [3.63, 3.8) is 0 Å². The predicted molar refractivity (Wildman–Crippen MR) is 105 cm³/mol.